The van der Waals surface area contributed by atoms with Gasteiger partial charge < -0.3 is 4.74 Å². The van der Waals surface area contributed by atoms with Crippen LogP contribution in [0.1, 0.15) is 25.0 Å². The molecule has 1 aliphatic rings. The molecule has 0 aliphatic heterocycles. The molecule has 0 N–H and O–H groups in total. The van der Waals surface area contributed by atoms with Gasteiger partial charge in [0.25, 0.3) is 0 Å². The van der Waals surface area contributed by atoms with Gasteiger partial charge in [0.1, 0.15) is 0 Å². The first-order valence-electron chi connectivity index (χ1n) is 6.75. The second-order valence-electron chi connectivity index (χ2n) is 4.63. The maximum atomic E-state index is 11.4. The number of ether oxygens (including phenoxy) is 1. The minimum absolute atomic E-state index is 0.184. The molecule has 0 bridgehead atoms. The molecule has 0 saturated heterocycles. The molecule has 102 valence electrons. The Morgan fingerprint density at radius 3 is 2.70 bits per heavy atom. The summed E-state index contributed by atoms with van der Waals surface area (Å²) in [5.74, 6) is -0.184. The average Bonchev–Trinajstić information content (AvgIpc) is 2.64. The molecule has 0 atom stereocenters. The summed E-state index contributed by atoms with van der Waals surface area (Å²) in [5, 5.41) is 0. The molecule has 0 spiro atoms. The zero-order valence-corrected chi connectivity index (χ0v) is 11.8. The van der Waals surface area contributed by atoms with Crippen molar-refractivity contribution >= 4 is 11.5 Å². The van der Waals surface area contributed by atoms with E-state index in [9.17, 15) is 4.79 Å². The van der Waals surface area contributed by atoms with Gasteiger partial charge in [0.15, 0.2) is 0 Å². The second-order valence-corrected chi connectivity index (χ2v) is 4.63. The van der Waals surface area contributed by atoms with Gasteiger partial charge >= 0.3 is 5.97 Å². The molecule has 20 heavy (non-hydrogen) atoms. The lowest BCUT2D eigenvalue weighted by Gasteiger charge is -2.05. The van der Waals surface area contributed by atoms with E-state index >= 15 is 0 Å². The number of benzene rings is 1. The number of allylic oxidation sites excluding steroid dienone is 5. The van der Waals surface area contributed by atoms with E-state index in [1.54, 1.807) is 0 Å². The number of hydrogen-bond donors (Lipinski definition) is 0. The molecule has 0 radical (unpaired) electrons. The summed E-state index contributed by atoms with van der Waals surface area (Å²) < 4.78 is 4.95. The highest BCUT2D eigenvalue weighted by Crippen LogP contribution is 2.20. The minimum atomic E-state index is -0.184. The number of carbonyl (C=O) groups excluding carboxylic acids is 1. The van der Waals surface area contributed by atoms with Gasteiger partial charge in [-0.2, -0.15) is 0 Å². The van der Waals surface area contributed by atoms with Crippen LogP contribution in [0.3, 0.4) is 0 Å². The fourth-order valence-corrected chi connectivity index (χ4v) is 2.03. The summed E-state index contributed by atoms with van der Waals surface area (Å²) in [5.41, 5.74) is 7.50. The van der Waals surface area contributed by atoms with Crippen molar-refractivity contribution < 1.29 is 9.53 Å². The van der Waals surface area contributed by atoms with Crippen LogP contribution in [-0.4, -0.2) is 12.6 Å². The number of esters is 1. The monoisotopic (exact) mass is 266 g/mol. The summed E-state index contributed by atoms with van der Waals surface area (Å²) in [7, 11) is 0. The van der Waals surface area contributed by atoms with E-state index < -0.39 is 0 Å². The molecule has 1 aromatic carbocycles. The van der Waals surface area contributed by atoms with E-state index in [1.165, 1.54) is 0 Å². The van der Waals surface area contributed by atoms with Gasteiger partial charge in [-0.3, -0.25) is 4.79 Å². The highest BCUT2D eigenvalue weighted by molar-refractivity contribution is 5.77. The molecule has 0 unspecified atom stereocenters. The van der Waals surface area contributed by atoms with Crippen LogP contribution in [-0.2, 0) is 16.0 Å². The molecular weight excluding hydrogens is 248 g/mol. The zero-order chi connectivity index (χ0) is 14.4. The maximum absolute atomic E-state index is 11.4. The Labute approximate surface area is 119 Å². The fourth-order valence-electron chi connectivity index (χ4n) is 2.03. The molecule has 0 heterocycles. The van der Waals surface area contributed by atoms with E-state index in [-0.39, 0.29) is 5.97 Å². The van der Waals surface area contributed by atoms with E-state index in [1.807, 2.05) is 50.3 Å². The summed E-state index contributed by atoms with van der Waals surface area (Å²) in [4.78, 5) is 11.4. The number of rotatable bonds is 4. The predicted molar refractivity (Wildman–Crippen MR) is 81.2 cm³/mol. The summed E-state index contributed by atoms with van der Waals surface area (Å²) in [6, 6.07) is 8.00. The Balaban J connectivity index is 2.13. The molecule has 1 aromatic rings. The van der Waals surface area contributed by atoms with Crippen molar-refractivity contribution in [2.24, 2.45) is 0 Å². The van der Waals surface area contributed by atoms with Crippen LogP contribution in [0.4, 0.5) is 0 Å². The minimum Gasteiger partial charge on any atom is -0.466 e. The van der Waals surface area contributed by atoms with E-state index in [2.05, 4.69) is 17.9 Å². The molecule has 2 nitrogen and oxygen atoms in total. The van der Waals surface area contributed by atoms with E-state index in [0.29, 0.717) is 13.0 Å². The van der Waals surface area contributed by atoms with Gasteiger partial charge in [-0.05, 0) is 48.3 Å². The third kappa shape index (κ3) is 3.84. The highest BCUT2D eigenvalue weighted by atomic mass is 16.5. The van der Waals surface area contributed by atoms with Crippen LogP contribution >= 0.6 is 0 Å². The average molecular weight is 266 g/mol. The van der Waals surface area contributed by atoms with Gasteiger partial charge in [-0.15, -0.1) is 5.73 Å². The second kappa shape index (κ2) is 6.74. The van der Waals surface area contributed by atoms with Crippen LogP contribution in [0.15, 0.2) is 59.9 Å². The van der Waals surface area contributed by atoms with Gasteiger partial charge in [-0.1, -0.05) is 36.4 Å². The molecule has 0 aromatic heterocycles. The Morgan fingerprint density at radius 2 is 2.00 bits per heavy atom. The highest BCUT2D eigenvalue weighted by Gasteiger charge is 2.05. The molecule has 1 aliphatic carbocycles. The first-order valence-corrected chi connectivity index (χ1v) is 6.75. The zero-order valence-electron chi connectivity index (χ0n) is 11.8. The molecule has 2 heteroatoms. The van der Waals surface area contributed by atoms with Crippen molar-refractivity contribution in [1.29, 1.82) is 0 Å². The molecule has 0 amide bonds. The van der Waals surface area contributed by atoms with Crippen LogP contribution < -0.4 is 0 Å². The summed E-state index contributed by atoms with van der Waals surface area (Å²) >= 11 is 0. The smallest absolute Gasteiger partial charge is 0.310 e. The topological polar surface area (TPSA) is 26.3 Å². The van der Waals surface area contributed by atoms with Crippen molar-refractivity contribution in [3.05, 3.63) is 71.0 Å². The first-order chi connectivity index (χ1) is 9.69. The normalized spacial score (nSPS) is 13.5. The lowest BCUT2D eigenvalue weighted by Crippen LogP contribution is -2.07. The van der Waals surface area contributed by atoms with Crippen molar-refractivity contribution in [2.45, 2.75) is 20.3 Å². The quantitative estimate of drug-likeness (QED) is 0.611. The SMILES string of the molecule is CCOC(=O)Cc1ccc(C2=CC(C)=C=CC=C2)cc1. The Morgan fingerprint density at radius 1 is 1.25 bits per heavy atom. The van der Waals surface area contributed by atoms with Gasteiger partial charge in [0.05, 0.1) is 13.0 Å². The standard InChI is InChI=1S/C18H18O2/c1-3-20-18(19)13-15-8-10-16(11-9-15)17-7-5-4-6-14(2)12-17/h4-5,7-12H,3,13H2,1-2H3. The Bertz CT molecular complexity index is 609. The third-order valence-electron chi connectivity index (χ3n) is 3.00. The fraction of sp³-hybridized carbons (Fsp3) is 0.222. The lowest BCUT2D eigenvalue weighted by molar-refractivity contribution is -0.142. The largest absolute Gasteiger partial charge is 0.466 e. The lowest BCUT2D eigenvalue weighted by atomic mass is 10.0. The van der Waals surface area contributed by atoms with Crippen LogP contribution in [0.25, 0.3) is 5.57 Å². The third-order valence-corrected chi connectivity index (χ3v) is 3.00. The summed E-state index contributed by atoms with van der Waals surface area (Å²) in [6.07, 6.45) is 8.37. The maximum Gasteiger partial charge on any atom is 0.310 e. The number of carbonyl (C=O) groups is 1. The van der Waals surface area contributed by atoms with Gasteiger partial charge in [-0.25, -0.2) is 0 Å². The Kier molecular flexibility index (Phi) is 4.75. The van der Waals surface area contributed by atoms with E-state index in [0.717, 1.165) is 22.3 Å². The van der Waals surface area contributed by atoms with Gasteiger partial charge in [0.2, 0.25) is 0 Å². The number of hydrogen-bond acceptors (Lipinski definition) is 2. The van der Waals surface area contributed by atoms with E-state index in [4.69, 9.17) is 4.74 Å². The van der Waals surface area contributed by atoms with Crippen LogP contribution in [0.2, 0.25) is 0 Å². The van der Waals surface area contributed by atoms with Crippen molar-refractivity contribution in [3.8, 4) is 0 Å². The summed E-state index contributed by atoms with van der Waals surface area (Å²) in [6.45, 7) is 4.27. The predicted octanol–water partition coefficient (Wildman–Crippen LogP) is 3.85. The van der Waals surface area contributed by atoms with Crippen molar-refractivity contribution in [3.63, 3.8) is 0 Å². The molecule has 0 saturated carbocycles. The molecule has 0 fully saturated rings. The molecule has 2 rings (SSSR count). The first kappa shape index (κ1) is 14.1. The Hall–Kier alpha value is -2.31. The van der Waals surface area contributed by atoms with Crippen molar-refractivity contribution in [1.82, 2.24) is 0 Å². The van der Waals surface area contributed by atoms with Crippen LogP contribution in [0, 0.1) is 0 Å². The van der Waals surface area contributed by atoms with Gasteiger partial charge in [0, 0.05) is 0 Å². The van der Waals surface area contributed by atoms with Crippen molar-refractivity contribution in [2.75, 3.05) is 6.61 Å². The molecular formula is C18H18O2. The van der Waals surface area contributed by atoms with Crippen LogP contribution in [0.5, 0.6) is 0 Å².